The maximum absolute atomic E-state index is 12.5. The van der Waals surface area contributed by atoms with E-state index >= 15 is 0 Å². The summed E-state index contributed by atoms with van der Waals surface area (Å²) in [6.45, 7) is 6.34. The van der Waals surface area contributed by atoms with Crippen LogP contribution in [0.1, 0.15) is 161 Å². The van der Waals surface area contributed by atoms with E-state index in [1.165, 1.54) is 12.8 Å². The Bertz CT molecular complexity index is 776. The Labute approximate surface area is 267 Å². The van der Waals surface area contributed by atoms with Crippen LogP contribution in [0.2, 0.25) is 0 Å². The van der Waals surface area contributed by atoms with E-state index in [-0.39, 0.29) is 50.1 Å². The number of rotatable bonds is 32. The molecule has 1 unspecified atom stereocenters. The summed E-state index contributed by atoms with van der Waals surface area (Å²) in [5.74, 6) is -1.54. The van der Waals surface area contributed by atoms with Gasteiger partial charge in [0.1, 0.15) is 6.10 Å². The lowest BCUT2D eigenvalue weighted by atomic mass is 10.1. The van der Waals surface area contributed by atoms with Crippen LogP contribution in [0.5, 0.6) is 0 Å². The van der Waals surface area contributed by atoms with Crippen molar-refractivity contribution in [2.45, 2.75) is 167 Å². The molecule has 0 aliphatic heterocycles. The van der Waals surface area contributed by atoms with Gasteiger partial charge in [0, 0.05) is 32.1 Å². The third-order valence-corrected chi connectivity index (χ3v) is 7.37. The monoisotopic (exact) mass is 622 g/mol. The number of ether oxygens (including phenoxy) is 3. The van der Waals surface area contributed by atoms with Gasteiger partial charge in [-0.05, 0) is 64.2 Å². The molecule has 8 nitrogen and oxygen atoms in total. The van der Waals surface area contributed by atoms with Crippen molar-refractivity contribution >= 4 is 23.9 Å². The number of carbonyl (C=O) groups excluding carboxylic acids is 3. The van der Waals surface area contributed by atoms with Crippen molar-refractivity contribution in [3.63, 3.8) is 0 Å². The Morgan fingerprint density at radius 3 is 1.73 bits per heavy atom. The third kappa shape index (κ3) is 30.8. The molecule has 8 heteroatoms. The number of unbranched alkanes of at least 4 members (excludes halogenated alkanes) is 13. The lowest BCUT2D eigenvalue weighted by Gasteiger charge is -2.16. The number of esters is 3. The second kappa shape index (κ2) is 31.8. The smallest absolute Gasteiger partial charge is 0.306 e. The van der Waals surface area contributed by atoms with Crippen molar-refractivity contribution < 1.29 is 38.5 Å². The van der Waals surface area contributed by atoms with Crippen molar-refractivity contribution in [1.82, 2.24) is 0 Å². The molecule has 0 aromatic rings. The molecule has 0 rings (SSSR count). The quantitative estimate of drug-likeness (QED) is 0.0342. The molecular formula is C36H62O8. The highest BCUT2D eigenvalue weighted by molar-refractivity contribution is 5.70. The number of carbonyl (C=O) groups is 4. The average molecular weight is 623 g/mol. The zero-order chi connectivity index (χ0) is 32.5. The molecule has 254 valence electrons. The van der Waals surface area contributed by atoms with E-state index in [4.69, 9.17) is 19.3 Å². The summed E-state index contributed by atoms with van der Waals surface area (Å²) in [5, 5.41) is 8.58. The third-order valence-electron chi connectivity index (χ3n) is 7.37. The molecule has 1 N–H and O–H groups in total. The molecule has 0 saturated heterocycles. The molecule has 0 radical (unpaired) electrons. The predicted octanol–water partition coefficient (Wildman–Crippen LogP) is 9.19. The van der Waals surface area contributed by atoms with Crippen LogP contribution in [-0.4, -0.2) is 48.3 Å². The van der Waals surface area contributed by atoms with Crippen molar-refractivity contribution in [1.29, 1.82) is 0 Å². The summed E-state index contributed by atoms with van der Waals surface area (Å²) in [7, 11) is 0. The van der Waals surface area contributed by atoms with Gasteiger partial charge in [-0.1, -0.05) is 82.9 Å². The predicted molar refractivity (Wildman–Crippen MR) is 175 cm³/mol. The summed E-state index contributed by atoms with van der Waals surface area (Å²) < 4.78 is 16.1. The number of allylic oxidation sites excluding steroid dienone is 2. The maximum Gasteiger partial charge on any atom is 0.306 e. The molecule has 0 aromatic carbocycles. The Morgan fingerprint density at radius 2 is 1.14 bits per heavy atom. The van der Waals surface area contributed by atoms with Crippen LogP contribution < -0.4 is 0 Å². The van der Waals surface area contributed by atoms with Gasteiger partial charge >= 0.3 is 23.9 Å². The Morgan fingerprint density at radius 1 is 0.614 bits per heavy atom. The molecule has 0 aliphatic rings. The molecule has 0 spiro atoms. The van der Waals surface area contributed by atoms with Gasteiger partial charge in [-0.15, -0.1) is 6.58 Å². The number of carboxylic acids is 1. The SMILES string of the molecule is C=CCCCCCCCC(=O)OCCCC(=O)OC(CC=CCCCCCCCC(=O)OCCCC(=O)O)CCCCCC. The van der Waals surface area contributed by atoms with E-state index in [9.17, 15) is 19.2 Å². The highest BCUT2D eigenvalue weighted by Crippen LogP contribution is 2.15. The summed E-state index contributed by atoms with van der Waals surface area (Å²) in [5.41, 5.74) is 0. The molecule has 0 amide bonds. The fraction of sp³-hybridized carbons (Fsp3) is 0.778. The molecule has 0 saturated carbocycles. The van der Waals surface area contributed by atoms with E-state index in [0.29, 0.717) is 25.7 Å². The summed E-state index contributed by atoms with van der Waals surface area (Å²) >= 11 is 0. The van der Waals surface area contributed by atoms with Crippen LogP contribution in [0.3, 0.4) is 0 Å². The van der Waals surface area contributed by atoms with Crippen LogP contribution in [0.4, 0.5) is 0 Å². The molecular weight excluding hydrogens is 560 g/mol. The standard InChI is InChI=1S/C36H62O8/c1-3-5-7-9-12-16-20-28-35(40)43-31-23-29-36(41)44-32(24-18-8-6-4-2)25-19-15-13-10-11-14-17-21-27-34(39)42-30-22-26-33(37)38/h3,15,19,32H,1,4-14,16-18,20-31H2,2H3,(H,37,38). The topological polar surface area (TPSA) is 116 Å². The minimum absolute atomic E-state index is 0.0182. The van der Waals surface area contributed by atoms with E-state index in [2.05, 4.69) is 25.7 Å². The van der Waals surface area contributed by atoms with Crippen molar-refractivity contribution in [2.75, 3.05) is 13.2 Å². The molecule has 44 heavy (non-hydrogen) atoms. The average Bonchev–Trinajstić information content (AvgIpc) is 2.99. The fourth-order valence-electron chi connectivity index (χ4n) is 4.74. The number of hydrogen-bond acceptors (Lipinski definition) is 7. The van der Waals surface area contributed by atoms with Gasteiger partial charge in [0.15, 0.2) is 0 Å². The molecule has 0 aliphatic carbocycles. The number of aliphatic carboxylic acids is 1. The maximum atomic E-state index is 12.5. The number of hydrogen-bond donors (Lipinski definition) is 1. The first-order valence-electron chi connectivity index (χ1n) is 17.4. The van der Waals surface area contributed by atoms with Gasteiger partial charge in [-0.25, -0.2) is 0 Å². The normalized spacial score (nSPS) is 11.8. The molecule has 0 aromatic heterocycles. The molecule has 0 fully saturated rings. The first-order valence-corrected chi connectivity index (χ1v) is 17.4. The zero-order valence-corrected chi connectivity index (χ0v) is 27.7. The van der Waals surface area contributed by atoms with Gasteiger partial charge < -0.3 is 19.3 Å². The van der Waals surface area contributed by atoms with E-state index < -0.39 is 5.97 Å². The Balaban J connectivity index is 4.03. The van der Waals surface area contributed by atoms with Crippen LogP contribution in [0, 0.1) is 0 Å². The van der Waals surface area contributed by atoms with Gasteiger partial charge in [-0.2, -0.15) is 0 Å². The second-order valence-corrected chi connectivity index (χ2v) is 11.6. The van der Waals surface area contributed by atoms with Gasteiger partial charge in [0.25, 0.3) is 0 Å². The van der Waals surface area contributed by atoms with Crippen LogP contribution in [-0.2, 0) is 33.4 Å². The lowest BCUT2D eigenvalue weighted by molar-refractivity contribution is -0.151. The van der Waals surface area contributed by atoms with E-state index in [1.54, 1.807) is 0 Å². The lowest BCUT2D eigenvalue weighted by Crippen LogP contribution is -2.18. The van der Waals surface area contributed by atoms with Gasteiger partial charge in [0.05, 0.1) is 13.2 Å². The summed E-state index contributed by atoms with van der Waals surface area (Å²) in [6, 6.07) is 0. The Hall–Kier alpha value is -2.64. The van der Waals surface area contributed by atoms with Crippen molar-refractivity contribution in [3.05, 3.63) is 24.8 Å². The fourth-order valence-corrected chi connectivity index (χ4v) is 4.74. The molecule has 0 bridgehead atoms. The van der Waals surface area contributed by atoms with Crippen LogP contribution >= 0.6 is 0 Å². The van der Waals surface area contributed by atoms with Crippen LogP contribution in [0.15, 0.2) is 24.8 Å². The van der Waals surface area contributed by atoms with Crippen LogP contribution in [0.25, 0.3) is 0 Å². The first kappa shape index (κ1) is 41.4. The van der Waals surface area contributed by atoms with Gasteiger partial charge in [-0.3, -0.25) is 19.2 Å². The molecule has 1 atom stereocenters. The number of carboxylic acid groups (broad SMARTS) is 1. The zero-order valence-electron chi connectivity index (χ0n) is 27.7. The highest BCUT2D eigenvalue weighted by Gasteiger charge is 2.13. The Kier molecular flexibility index (Phi) is 29.9. The first-order chi connectivity index (χ1) is 21.4. The second-order valence-electron chi connectivity index (χ2n) is 11.6. The van der Waals surface area contributed by atoms with Crippen molar-refractivity contribution in [3.8, 4) is 0 Å². The largest absolute Gasteiger partial charge is 0.481 e. The minimum Gasteiger partial charge on any atom is -0.481 e. The van der Waals surface area contributed by atoms with Gasteiger partial charge in [0.2, 0.25) is 0 Å². The summed E-state index contributed by atoms with van der Waals surface area (Å²) in [4.78, 5) is 46.5. The van der Waals surface area contributed by atoms with E-state index in [1.807, 2.05) is 6.08 Å². The van der Waals surface area contributed by atoms with E-state index in [0.717, 1.165) is 103 Å². The molecule has 0 heterocycles. The minimum atomic E-state index is -0.878. The van der Waals surface area contributed by atoms with Crippen molar-refractivity contribution in [2.24, 2.45) is 0 Å². The summed E-state index contributed by atoms with van der Waals surface area (Å²) in [6.07, 6.45) is 26.5. The highest BCUT2D eigenvalue weighted by atomic mass is 16.5.